The second-order valence-electron chi connectivity index (χ2n) is 13.3. The number of oxime groups is 1. The van der Waals surface area contributed by atoms with Crippen molar-refractivity contribution in [1.29, 1.82) is 0 Å². The molecule has 2 fully saturated rings. The first-order valence-corrected chi connectivity index (χ1v) is 18.1. The molecule has 3 aromatic rings. The molecular formula is C30H38N8O12S2. The molecule has 0 aliphatic carbocycles. The van der Waals surface area contributed by atoms with Crippen molar-refractivity contribution in [2.24, 2.45) is 5.16 Å². The van der Waals surface area contributed by atoms with Crippen LogP contribution in [0.5, 0.6) is 5.75 Å². The maximum Gasteiger partial charge on any atom is 0.418 e. The number of hydrogen-bond donors (Lipinski definition) is 4. The van der Waals surface area contributed by atoms with E-state index in [9.17, 15) is 32.7 Å². The van der Waals surface area contributed by atoms with E-state index in [1.165, 1.54) is 24.1 Å². The third kappa shape index (κ3) is 9.23. The van der Waals surface area contributed by atoms with Crippen LogP contribution >= 0.6 is 11.3 Å². The van der Waals surface area contributed by atoms with E-state index >= 15 is 0 Å². The Hall–Kier alpha value is -5.06. The van der Waals surface area contributed by atoms with Gasteiger partial charge in [0.1, 0.15) is 35.3 Å². The van der Waals surface area contributed by atoms with Gasteiger partial charge in [-0.1, -0.05) is 5.16 Å². The van der Waals surface area contributed by atoms with E-state index in [-0.39, 0.29) is 35.7 Å². The maximum absolute atomic E-state index is 13.4. The summed E-state index contributed by atoms with van der Waals surface area (Å²) in [5.41, 5.74) is -1.16. The number of imidazole rings is 1. The summed E-state index contributed by atoms with van der Waals surface area (Å²) in [4.78, 5) is 65.4. The summed E-state index contributed by atoms with van der Waals surface area (Å²) in [7, 11) is -5.02. The Labute approximate surface area is 301 Å². The van der Waals surface area contributed by atoms with Crippen molar-refractivity contribution in [3.05, 3.63) is 41.3 Å². The van der Waals surface area contributed by atoms with Crippen LogP contribution in [0, 0.1) is 0 Å². The molecule has 0 saturated carbocycles. The number of rotatable bonds is 12. The van der Waals surface area contributed by atoms with Crippen LogP contribution < -0.4 is 15.4 Å². The first-order valence-electron chi connectivity index (χ1n) is 15.9. The zero-order valence-electron chi connectivity index (χ0n) is 28.8. The van der Waals surface area contributed by atoms with E-state index < -0.39 is 51.6 Å². The number of likely N-dealkylation sites (tertiary alicyclic amines) is 1. The van der Waals surface area contributed by atoms with Gasteiger partial charge < -0.3 is 34.0 Å². The van der Waals surface area contributed by atoms with Crippen molar-refractivity contribution < 1.29 is 55.9 Å². The monoisotopic (exact) mass is 766 g/mol. The van der Waals surface area contributed by atoms with Crippen molar-refractivity contribution >= 4 is 62.2 Å². The summed E-state index contributed by atoms with van der Waals surface area (Å²) in [6, 6.07) is 2.18. The molecule has 5 rings (SSSR count). The maximum atomic E-state index is 13.4. The molecule has 20 nitrogen and oxygen atoms in total. The van der Waals surface area contributed by atoms with Crippen LogP contribution in [0.1, 0.15) is 64.8 Å². The number of nitrogens with one attached hydrogen (secondary N) is 2. The summed E-state index contributed by atoms with van der Waals surface area (Å²) < 4.78 is 48.6. The molecule has 0 aromatic carbocycles. The molecular weight excluding hydrogens is 729 g/mol. The molecule has 3 aromatic heterocycles. The summed E-state index contributed by atoms with van der Waals surface area (Å²) in [5, 5.41) is 20.1. The molecule has 2 aliphatic rings. The van der Waals surface area contributed by atoms with Crippen LogP contribution in [0.15, 0.2) is 35.1 Å². The smallest absolute Gasteiger partial charge is 0.418 e. The molecule has 282 valence electrons. The van der Waals surface area contributed by atoms with E-state index in [2.05, 4.69) is 30.0 Å². The Bertz CT molecular complexity index is 1990. The predicted octanol–water partition coefficient (Wildman–Crippen LogP) is 2.63. The summed E-state index contributed by atoms with van der Waals surface area (Å²) in [5.74, 6) is -1.44. The highest BCUT2D eigenvalue weighted by Gasteiger charge is 2.58. The van der Waals surface area contributed by atoms with Crippen molar-refractivity contribution in [2.45, 2.75) is 70.6 Å². The molecule has 2 atom stereocenters. The number of anilines is 1. The van der Waals surface area contributed by atoms with Gasteiger partial charge in [-0.25, -0.2) is 19.6 Å². The molecule has 0 bridgehead atoms. The standard InChI is InChI=1S/C30H38N8O12S2/c1-29(2,3)49-27(41)34-26-32-20(16-51-26)22(24(39)33-23-25(40)38(30(23,4)5)50-52(44,45)46)35-48-12-11-47-18-8-9-21-31-19(15-37(21)14-18)17-7-6-10-36(13-17)28(42)43/h8-9,14-17,23H,6-7,10-13H2,1-5H3,(H,33,39)(H,42,43)(H,32,34,41)(H,44,45,46). The number of carboxylic acid groups (broad SMARTS) is 1. The average molecular weight is 767 g/mol. The topological polar surface area (TPSA) is 253 Å². The number of nitrogens with zero attached hydrogens (tertiary/aromatic N) is 6. The van der Waals surface area contributed by atoms with Gasteiger partial charge in [-0.05, 0) is 59.6 Å². The van der Waals surface area contributed by atoms with Crippen molar-refractivity contribution in [1.82, 2.24) is 29.6 Å². The molecule has 22 heteroatoms. The number of carbonyl (C=O) groups excluding carboxylic acids is 3. The highest BCUT2D eigenvalue weighted by Crippen LogP contribution is 2.33. The number of amides is 4. The van der Waals surface area contributed by atoms with Crippen LogP contribution in [0.4, 0.5) is 14.7 Å². The lowest BCUT2D eigenvalue weighted by Crippen LogP contribution is -2.76. The SMILES string of the molecule is CC(C)(C)OC(=O)Nc1nc(C(=NOCCOc2ccc3nc(C4CCCN(C(=O)O)C4)cn3c2)C(=O)NC2C(=O)N(OS(=O)(=O)O)C2(C)C)cs1. The Morgan fingerprint density at radius 1 is 1.15 bits per heavy atom. The number of carbonyl (C=O) groups is 4. The number of β-lactam (4-membered cyclic amide) rings is 1. The van der Waals surface area contributed by atoms with Crippen LogP contribution in [0.2, 0.25) is 0 Å². The normalized spacial score (nSPS) is 19.2. The Morgan fingerprint density at radius 2 is 1.90 bits per heavy atom. The lowest BCUT2D eigenvalue weighted by Gasteiger charge is -2.50. The summed E-state index contributed by atoms with van der Waals surface area (Å²) >= 11 is 0.960. The molecule has 2 saturated heterocycles. The molecule has 4 amide bonds. The van der Waals surface area contributed by atoms with Crippen molar-refractivity contribution in [3.8, 4) is 5.75 Å². The fraction of sp³-hybridized carbons (Fsp3) is 0.500. The quantitative estimate of drug-likeness (QED) is 0.0680. The van der Waals surface area contributed by atoms with Crippen LogP contribution in [-0.4, -0.2) is 116 Å². The van der Waals surface area contributed by atoms with Crippen molar-refractivity contribution in [2.75, 3.05) is 31.6 Å². The molecule has 0 radical (unpaired) electrons. The predicted molar refractivity (Wildman–Crippen MR) is 182 cm³/mol. The lowest BCUT2D eigenvalue weighted by atomic mass is 9.84. The number of pyridine rings is 1. The average Bonchev–Trinajstić information content (AvgIpc) is 3.69. The van der Waals surface area contributed by atoms with Gasteiger partial charge in [-0.15, -0.1) is 15.6 Å². The second-order valence-corrected chi connectivity index (χ2v) is 15.2. The molecule has 2 unspecified atom stereocenters. The molecule has 4 N–H and O–H groups in total. The van der Waals surface area contributed by atoms with Crippen LogP contribution in [0.25, 0.3) is 5.65 Å². The summed E-state index contributed by atoms with van der Waals surface area (Å²) in [6.07, 6.45) is 3.40. The highest BCUT2D eigenvalue weighted by atomic mass is 32.3. The number of thiazole rings is 1. The second kappa shape index (κ2) is 14.9. The molecule has 0 spiro atoms. The number of hydrogen-bond acceptors (Lipinski definition) is 14. The number of hydroxylamine groups is 2. The number of ether oxygens (including phenoxy) is 2. The zero-order valence-corrected chi connectivity index (χ0v) is 30.4. The number of aromatic nitrogens is 3. The Balaban J connectivity index is 1.25. The van der Waals surface area contributed by atoms with Gasteiger partial charge in [-0.3, -0.25) is 19.5 Å². The van der Waals surface area contributed by atoms with Gasteiger partial charge in [0, 0.05) is 30.6 Å². The van der Waals surface area contributed by atoms with Gasteiger partial charge in [0.05, 0.1) is 17.4 Å². The fourth-order valence-corrected chi connectivity index (χ4v) is 6.56. The minimum Gasteiger partial charge on any atom is -0.488 e. The molecule has 52 heavy (non-hydrogen) atoms. The van der Waals surface area contributed by atoms with Crippen LogP contribution in [-0.2, 0) is 33.8 Å². The first kappa shape index (κ1) is 38.2. The third-order valence-electron chi connectivity index (χ3n) is 7.84. The first-order chi connectivity index (χ1) is 24.3. The Kier molecular flexibility index (Phi) is 10.9. The largest absolute Gasteiger partial charge is 0.488 e. The minimum absolute atomic E-state index is 0.0136. The van der Waals surface area contributed by atoms with E-state index in [1.54, 1.807) is 43.5 Å². The Morgan fingerprint density at radius 3 is 2.58 bits per heavy atom. The van der Waals surface area contributed by atoms with Crippen molar-refractivity contribution in [3.63, 3.8) is 0 Å². The molecule has 2 aliphatic heterocycles. The lowest BCUT2D eigenvalue weighted by molar-refractivity contribution is -0.218. The minimum atomic E-state index is -5.02. The van der Waals surface area contributed by atoms with Gasteiger partial charge in [0.15, 0.2) is 17.5 Å². The van der Waals surface area contributed by atoms with Crippen LogP contribution in [0.3, 0.4) is 0 Å². The van der Waals surface area contributed by atoms with Gasteiger partial charge >= 0.3 is 22.6 Å². The number of piperidine rings is 1. The van der Waals surface area contributed by atoms with Gasteiger partial charge in [0.2, 0.25) is 0 Å². The van der Waals surface area contributed by atoms with E-state index in [1.807, 2.05) is 6.20 Å². The summed E-state index contributed by atoms with van der Waals surface area (Å²) in [6.45, 7) is 8.55. The van der Waals surface area contributed by atoms with Gasteiger partial charge in [-0.2, -0.15) is 13.5 Å². The van der Waals surface area contributed by atoms with E-state index in [0.29, 0.717) is 29.5 Å². The zero-order chi connectivity index (χ0) is 38.0. The van der Waals surface area contributed by atoms with E-state index in [4.69, 9.17) is 18.9 Å². The highest BCUT2D eigenvalue weighted by molar-refractivity contribution is 7.80. The van der Waals surface area contributed by atoms with E-state index in [0.717, 1.165) is 29.9 Å². The number of fused-ring (bicyclic) bond motifs is 1. The fourth-order valence-electron chi connectivity index (χ4n) is 5.43. The van der Waals surface area contributed by atoms with Gasteiger partial charge in [0.25, 0.3) is 11.8 Å². The third-order valence-corrected chi connectivity index (χ3v) is 8.94. The molecule has 5 heterocycles.